The molecule has 2 aromatic carbocycles. The second-order valence-electron chi connectivity index (χ2n) is 12.0. The third-order valence-corrected chi connectivity index (χ3v) is 28.3. The SMILES string of the molecule is CCc1ccc(CC)c2c1C=C(C(C)C)[CH]2[Hf+2]1([CH]2C(C(C)C)=Cc3c(CC)ccc(CC)c32)[CH2][CH2]1.[Cl-].[Cl-]. The Morgan fingerprint density at radius 2 is 0.919 bits per heavy atom. The molecule has 2 aromatic rings. The summed E-state index contributed by atoms with van der Waals surface area (Å²) in [7, 11) is 0. The minimum absolute atomic E-state index is 0. The van der Waals surface area contributed by atoms with Crippen LogP contribution in [-0.4, -0.2) is 0 Å². The molecule has 5 rings (SSSR count). The van der Waals surface area contributed by atoms with Crippen molar-refractivity contribution in [1.82, 2.24) is 0 Å². The summed E-state index contributed by atoms with van der Waals surface area (Å²) in [6, 6.07) is 9.89. The standard InChI is InChI=1S/2C16H21.C2H4.2ClH.Hf/c2*1-5-12-7-8-13(6-2)16-10-14(11(3)4)9-15(12)16;1-2;;;/h2*7-11H,5-6H2,1-4H3;1-2H2;2*1H;/q;;;;;+2/p-2. The molecular weight excluding hydrogens is 658 g/mol. The minimum Gasteiger partial charge on any atom is -1.00 e. The number of fused-ring (bicyclic) bond motifs is 2. The van der Waals surface area contributed by atoms with Crippen molar-refractivity contribution in [3.63, 3.8) is 0 Å². The average molecular weight is 704 g/mol. The van der Waals surface area contributed by atoms with Crippen LogP contribution in [0.3, 0.4) is 0 Å². The first kappa shape index (κ1) is 30.9. The molecule has 0 amide bonds. The molecule has 0 spiro atoms. The first-order chi connectivity index (χ1) is 16.8. The number of benzene rings is 2. The molecule has 1 fully saturated rings. The van der Waals surface area contributed by atoms with E-state index in [9.17, 15) is 0 Å². The van der Waals surface area contributed by atoms with Crippen LogP contribution in [-0.2, 0) is 45.7 Å². The van der Waals surface area contributed by atoms with Crippen LogP contribution in [0.1, 0.15) is 107 Å². The zero-order chi connectivity index (χ0) is 25.1. The smallest absolute Gasteiger partial charge is 1.00 e. The summed E-state index contributed by atoms with van der Waals surface area (Å²) < 4.78 is 4.72. The van der Waals surface area contributed by atoms with Crippen molar-refractivity contribution in [2.75, 3.05) is 0 Å². The summed E-state index contributed by atoms with van der Waals surface area (Å²) in [5, 5.41) is 0. The van der Waals surface area contributed by atoms with Crippen molar-refractivity contribution in [3.05, 3.63) is 79.9 Å². The van der Waals surface area contributed by atoms with E-state index in [2.05, 4.69) is 91.8 Å². The fourth-order valence-electron chi connectivity index (χ4n) is 7.67. The second kappa shape index (κ2) is 11.9. The van der Waals surface area contributed by atoms with Crippen molar-refractivity contribution in [3.8, 4) is 0 Å². The van der Waals surface area contributed by atoms with Crippen molar-refractivity contribution in [2.45, 2.75) is 96.8 Å². The molecule has 0 saturated carbocycles. The van der Waals surface area contributed by atoms with Gasteiger partial charge in [-0.3, -0.25) is 0 Å². The molecule has 2 atom stereocenters. The van der Waals surface area contributed by atoms with E-state index in [1.54, 1.807) is 64.0 Å². The van der Waals surface area contributed by atoms with E-state index in [0.29, 0.717) is 11.8 Å². The van der Waals surface area contributed by atoms with Crippen LogP contribution < -0.4 is 24.8 Å². The maximum absolute atomic E-state index is 2.83. The fraction of sp³-hybridized carbons (Fsp3) is 0.529. The number of hydrogen-bond acceptors (Lipinski definition) is 0. The number of hydrogen-bond donors (Lipinski definition) is 0. The molecule has 0 bridgehead atoms. The quantitative estimate of drug-likeness (QED) is 0.367. The van der Waals surface area contributed by atoms with E-state index in [1.165, 1.54) is 12.8 Å². The number of halogens is 2. The van der Waals surface area contributed by atoms with E-state index in [0.717, 1.165) is 20.2 Å². The van der Waals surface area contributed by atoms with E-state index >= 15 is 0 Å². The van der Waals surface area contributed by atoms with Gasteiger partial charge in [0.25, 0.3) is 0 Å². The zero-order valence-corrected chi connectivity index (χ0v) is 29.4. The van der Waals surface area contributed by atoms with Gasteiger partial charge < -0.3 is 24.8 Å². The molecule has 3 heteroatoms. The van der Waals surface area contributed by atoms with Crippen molar-refractivity contribution in [1.29, 1.82) is 0 Å². The van der Waals surface area contributed by atoms with E-state index < -0.39 is 20.0 Å². The van der Waals surface area contributed by atoms with Gasteiger partial charge in [0, 0.05) is 0 Å². The second-order valence-corrected chi connectivity index (χ2v) is 28.6. The van der Waals surface area contributed by atoms with Crippen molar-refractivity contribution < 1.29 is 44.8 Å². The molecule has 0 nitrogen and oxygen atoms in total. The van der Waals surface area contributed by atoms with Crippen molar-refractivity contribution in [2.24, 2.45) is 11.8 Å². The van der Waals surface area contributed by atoms with Gasteiger partial charge in [-0.1, -0.05) is 0 Å². The zero-order valence-electron chi connectivity index (χ0n) is 24.3. The number of allylic oxidation sites excluding steroid dienone is 2. The van der Waals surface area contributed by atoms with E-state index in [-0.39, 0.29) is 24.8 Å². The Morgan fingerprint density at radius 1 is 0.595 bits per heavy atom. The predicted molar refractivity (Wildman–Crippen MR) is 151 cm³/mol. The van der Waals surface area contributed by atoms with Gasteiger partial charge >= 0.3 is 221 Å². The van der Waals surface area contributed by atoms with Gasteiger partial charge in [0.2, 0.25) is 0 Å². The molecule has 1 saturated heterocycles. The Bertz CT molecular complexity index is 1120. The maximum Gasteiger partial charge on any atom is -1.00 e. The van der Waals surface area contributed by atoms with Gasteiger partial charge in [0.05, 0.1) is 0 Å². The van der Waals surface area contributed by atoms with Crippen LogP contribution in [0.25, 0.3) is 12.2 Å². The van der Waals surface area contributed by atoms with Crippen LogP contribution in [0.4, 0.5) is 0 Å². The Kier molecular flexibility index (Phi) is 9.90. The first-order valence-corrected chi connectivity index (χ1v) is 23.8. The van der Waals surface area contributed by atoms with E-state index in [1.807, 2.05) is 0 Å². The molecule has 0 aromatic heterocycles. The molecule has 2 aliphatic carbocycles. The summed E-state index contributed by atoms with van der Waals surface area (Å²) in [4.78, 5) is 0. The summed E-state index contributed by atoms with van der Waals surface area (Å²) in [5.41, 5.74) is 16.9. The average Bonchev–Trinajstić information content (AvgIpc) is 3.35. The minimum atomic E-state index is -2.83. The summed E-state index contributed by atoms with van der Waals surface area (Å²) in [6.07, 6.45) is 10.0. The molecule has 1 aliphatic heterocycles. The predicted octanol–water partition coefficient (Wildman–Crippen LogP) is 3.84. The molecule has 3 aliphatic rings. The molecular formula is C34H46Cl2Hf. The van der Waals surface area contributed by atoms with Crippen LogP contribution in [0.15, 0.2) is 35.4 Å². The van der Waals surface area contributed by atoms with Gasteiger partial charge in [-0.05, 0) is 0 Å². The molecule has 37 heavy (non-hydrogen) atoms. The molecule has 0 N–H and O–H groups in total. The van der Waals surface area contributed by atoms with Gasteiger partial charge in [0.15, 0.2) is 0 Å². The monoisotopic (exact) mass is 704 g/mol. The fourth-order valence-corrected chi connectivity index (χ4v) is 36.9. The molecule has 2 unspecified atom stereocenters. The Balaban J connectivity index is 0.00000190. The molecule has 0 radical (unpaired) electrons. The number of rotatable bonds is 8. The van der Waals surface area contributed by atoms with Crippen LogP contribution >= 0.6 is 0 Å². The maximum atomic E-state index is 2.69. The third-order valence-electron chi connectivity index (χ3n) is 9.64. The van der Waals surface area contributed by atoms with Crippen molar-refractivity contribution >= 4 is 12.2 Å². The molecule has 1 heterocycles. The summed E-state index contributed by atoms with van der Waals surface area (Å²) in [6.45, 7) is 19.4. The third kappa shape index (κ3) is 4.82. The Morgan fingerprint density at radius 3 is 1.19 bits per heavy atom. The van der Waals surface area contributed by atoms with Crippen LogP contribution in [0.2, 0.25) is 8.35 Å². The summed E-state index contributed by atoms with van der Waals surface area (Å²) in [5.74, 6) is 1.28. The first-order valence-electron chi connectivity index (χ1n) is 14.5. The van der Waals surface area contributed by atoms with Gasteiger partial charge in [-0.15, -0.1) is 0 Å². The molecule has 200 valence electrons. The number of aryl methyl sites for hydroxylation is 4. The van der Waals surface area contributed by atoms with Gasteiger partial charge in [-0.2, -0.15) is 0 Å². The van der Waals surface area contributed by atoms with E-state index in [4.69, 9.17) is 0 Å². The Labute approximate surface area is 243 Å². The largest absolute Gasteiger partial charge is 1.00 e. The van der Waals surface area contributed by atoms with Gasteiger partial charge in [-0.25, -0.2) is 0 Å². The van der Waals surface area contributed by atoms with Crippen LogP contribution in [0.5, 0.6) is 0 Å². The normalized spacial score (nSPS) is 19.8. The van der Waals surface area contributed by atoms with Gasteiger partial charge in [0.1, 0.15) is 0 Å². The van der Waals surface area contributed by atoms with Crippen LogP contribution in [0, 0.1) is 11.8 Å². The summed E-state index contributed by atoms with van der Waals surface area (Å²) >= 11 is -2.83. The topological polar surface area (TPSA) is 0 Å². The Hall–Kier alpha value is -0.630.